The van der Waals surface area contributed by atoms with Crippen LogP contribution in [0.25, 0.3) is 0 Å². The van der Waals surface area contributed by atoms with Crippen LogP contribution in [0.2, 0.25) is 0 Å². The second-order valence-corrected chi connectivity index (χ2v) is 7.84. The molecule has 2 aliphatic heterocycles. The van der Waals surface area contributed by atoms with Crippen LogP contribution in [-0.2, 0) is 14.2 Å². The van der Waals surface area contributed by atoms with Gasteiger partial charge in [0.1, 0.15) is 48.8 Å². The Balaban J connectivity index is 1.69. The first kappa shape index (κ1) is 24.4. The van der Waals surface area contributed by atoms with Crippen LogP contribution in [0.5, 0.6) is 0 Å². The Kier molecular flexibility index (Phi) is 8.35. The van der Waals surface area contributed by atoms with Crippen molar-refractivity contribution in [3.63, 3.8) is 0 Å². The Hall–Kier alpha value is -1.22. The molecule has 11 heteroatoms. The number of ether oxygens (including phenoxy) is 3. The fourth-order valence-corrected chi connectivity index (χ4v) is 3.89. The van der Waals surface area contributed by atoms with Gasteiger partial charge in [0.05, 0.1) is 25.4 Å². The summed E-state index contributed by atoms with van der Waals surface area (Å²) < 4.78 is 16.4. The lowest BCUT2D eigenvalue weighted by molar-refractivity contribution is -0.342. The third-order valence-electron chi connectivity index (χ3n) is 5.74. The summed E-state index contributed by atoms with van der Waals surface area (Å²) in [6, 6.07) is 8.67. The lowest BCUT2D eigenvalue weighted by Gasteiger charge is -2.46. The molecule has 2 saturated heterocycles. The standard InChI is InChI=1S/C20H30O11/c21-7-12-15(25)16(26)18(28)20(30-12)31-19-13(8-22)29-11(14(24)17(19)27)6-10(23)9-4-2-1-3-5-9/h1-5,10-28H,6-8H2/t10?,11-,12+,13+,14-,15-,16-,17+,18+,19?,20?/m0/s1. The number of benzene rings is 1. The summed E-state index contributed by atoms with van der Waals surface area (Å²) in [6.45, 7) is -1.29. The molecule has 8 N–H and O–H groups in total. The zero-order valence-electron chi connectivity index (χ0n) is 16.7. The first-order valence-corrected chi connectivity index (χ1v) is 10.1. The minimum Gasteiger partial charge on any atom is -0.394 e. The van der Waals surface area contributed by atoms with E-state index in [-0.39, 0.29) is 6.42 Å². The smallest absolute Gasteiger partial charge is 0.187 e. The molecule has 0 amide bonds. The van der Waals surface area contributed by atoms with Gasteiger partial charge in [-0.25, -0.2) is 0 Å². The van der Waals surface area contributed by atoms with Crippen LogP contribution in [0.1, 0.15) is 18.1 Å². The monoisotopic (exact) mass is 446 g/mol. The molecule has 0 bridgehead atoms. The largest absolute Gasteiger partial charge is 0.394 e. The quantitative estimate of drug-likeness (QED) is 0.210. The summed E-state index contributed by atoms with van der Waals surface area (Å²) in [5.41, 5.74) is 0.591. The van der Waals surface area contributed by atoms with E-state index in [0.717, 1.165) is 0 Å². The van der Waals surface area contributed by atoms with Crippen LogP contribution in [-0.4, -0.2) is 115 Å². The second kappa shape index (κ2) is 10.6. The van der Waals surface area contributed by atoms with Crippen molar-refractivity contribution in [2.24, 2.45) is 0 Å². The van der Waals surface area contributed by atoms with Crippen LogP contribution in [0, 0.1) is 0 Å². The van der Waals surface area contributed by atoms with Crippen LogP contribution in [0.3, 0.4) is 0 Å². The molecule has 11 atom stereocenters. The first-order valence-electron chi connectivity index (χ1n) is 10.1. The van der Waals surface area contributed by atoms with E-state index in [1.807, 2.05) is 0 Å². The van der Waals surface area contributed by atoms with E-state index in [1.165, 1.54) is 0 Å². The van der Waals surface area contributed by atoms with Gasteiger partial charge >= 0.3 is 0 Å². The predicted molar refractivity (Wildman–Crippen MR) is 102 cm³/mol. The van der Waals surface area contributed by atoms with Crippen molar-refractivity contribution in [1.29, 1.82) is 0 Å². The third-order valence-corrected chi connectivity index (χ3v) is 5.74. The molecule has 0 aromatic heterocycles. The molecular weight excluding hydrogens is 416 g/mol. The molecule has 2 aliphatic rings. The zero-order chi connectivity index (χ0) is 22.7. The van der Waals surface area contributed by atoms with Gasteiger partial charge < -0.3 is 55.1 Å². The Morgan fingerprint density at radius 1 is 0.742 bits per heavy atom. The molecule has 3 rings (SSSR count). The van der Waals surface area contributed by atoms with Gasteiger partial charge in [-0.3, -0.25) is 0 Å². The van der Waals surface area contributed by atoms with Crippen molar-refractivity contribution in [3.05, 3.63) is 35.9 Å². The highest BCUT2D eigenvalue weighted by Gasteiger charge is 2.50. The van der Waals surface area contributed by atoms with Crippen molar-refractivity contribution in [2.75, 3.05) is 13.2 Å². The molecule has 1 aromatic carbocycles. The molecule has 2 heterocycles. The molecule has 2 fully saturated rings. The van der Waals surface area contributed by atoms with Gasteiger partial charge in [0.15, 0.2) is 6.29 Å². The highest BCUT2D eigenvalue weighted by molar-refractivity contribution is 5.17. The van der Waals surface area contributed by atoms with Gasteiger partial charge in [-0.05, 0) is 5.56 Å². The van der Waals surface area contributed by atoms with Gasteiger partial charge in [-0.15, -0.1) is 0 Å². The van der Waals surface area contributed by atoms with Crippen molar-refractivity contribution in [2.45, 2.75) is 73.8 Å². The average Bonchev–Trinajstić information content (AvgIpc) is 2.79. The van der Waals surface area contributed by atoms with Crippen LogP contribution in [0.15, 0.2) is 30.3 Å². The average molecular weight is 446 g/mol. The maximum Gasteiger partial charge on any atom is 0.187 e. The summed E-state index contributed by atoms with van der Waals surface area (Å²) >= 11 is 0. The van der Waals surface area contributed by atoms with Gasteiger partial charge in [-0.1, -0.05) is 30.3 Å². The minimum absolute atomic E-state index is 0.0640. The highest BCUT2D eigenvalue weighted by atomic mass is 16.7. The summed E-state index contributed by atoms with van der Waals surface area (Å²) in [5, 5.41) is 80.4. The molecule has 176 valence electrons. The molecule has 0 saturated carbocycles. The summed E-state index contributed by atoms with van der Waals surface area (Å²) in [7, 11) is 0. The Labute approximate surface area is 178 Å². The van der Waals surface area contributed by atoms with Crippen LogP contribution < -0.4 is 0 Å². The number of aliphatic hydroxyl groups excluding tert-OH is 8. The summed E-state index contributed by atoms with van der Waals surface area (Å²) in [6.07, 6.45) is -15.5. The molecule has 1 aromatic rings. The van der Waals surface area contributed by atoms with E-state index < -0.39 is 80.5 Å². The molecule has 0 radical (unpaired) electrons. The van der Waals surface area contributed by atoms with Crippen molar-refractivity contribution in [1.82, 2.24) is 0 Å². The number of aliphatic hydroxyl groups is 8. The summed E-state index contributed by atoms with van der Waals surface area (Å²) in [5.74, 6) is 0. The van der Waals surface area contributed by atoms with E-state index in [4.69, 9.17) is 14.2 Å². The highest BCUT2D eigenvalue weighted by Crippen LogP contribution is 2.32. The molecule has 3 unspecified atom stereocenters. The molecule has 11 nitrogen and oxygen atoms in total. The normalized spacial score (nSPS) is 42.3. The van der Waals surface area contributed by atoms with Gasteiger partial charge in [0.2, 0.25) is 0 Å². The number of hydrogen-bond donors (Lipinski definition) is 8. The van der Waals surface area contributed by atoms with Crippen molar-refractivity contribution in [3.8, 4) is 0 Å². The molecule has 0 spiro atoms. The SMILES string of the molecule is OC[C@H]1O[C@@H](CC(O)c2ccccc2)[C@H](O)[C@@H](O)C1OC1O[C@H](CO)[C@H](O)[C@H](O)[C@H]1O. The number of hydrogen-bond acceptors (Lipinski definition) is 11. The lowest BCUT2D eigenvalue weighted by Crippen LogP contribution is -2.64. The molecular formula is C20H30O11. The lowest BCUT2D eigenvalue weighted by atomic mass is 9.90. The topological polar surface area (TPSA) is 190 Å². The van der Waals surface area contributed by atoms with Gasteiger partial charge in [-0.2, -0.15) is 0 Å². The third kappa shape index (κ3) is 5.24. The Bertz CT molecular complexity index is 672. The van der Waals surface area contributed by atoms with Crippen molar-refractivity contribution < 1.29 is 55.1 Å². The molecule has 0 aliphatic carbocycles. The van der Waals surface area contributed by atoms with Gasteiger partial charge in [0, 0.05) is 6.42 Å². The van der Waals surface area contributed by atoms with Crippen molar-refractivity contribution >= 4 is 0 Å². The number of rotatable bonds is 7. The zero-order valence-corrected chi connectivity index (χ0v) is 16.7. The summed E-state index contributed by atoms with van der Waals surface area (Å²) in [4.78, 5) is 0. The van der Waals surface area contributed by atoms with E-state index in [9.17, 15) is 40.9 Å². The fraction of sp³-hybridized carbons (Fsp3) is 0.700. The van der Waals surface area contributed by atoms with E-state index >= 15 is 0 Å². The maximum atomic E-state index is 10.6. The Morgan fingerprint density at radius 3 is 1.97 bits per heavy atom. The van der Waals surface area contributed by atoms with Gasteiger partial charge in [0.25, 0.3) is 0 Å². The fourth-order valence-electron chi connectivity index (χ4n) is 3.89. The van der Waals surface area contributed by atoms with E-state index in [0.29, 0.717) is 5.56 Å². The van der Waals surface area contributed by atoms with E-state index in [1.54, 1.807) is 30.3 Å². The van der Waals surface area contributed by atoms with E-state index in [2.05, 4.69) is 0 Å². The van der Waals surface area contributed by atoms with Crippen LogP contribution in [0.4, 0.5) is 0 Å². The van der Waals surface area contributed by atoms with Crippen LogP contribution >= 0.6 is 0 Å². The minimum atomic E-state index is -1.72. The molecule has 31 heavy (non-hydrogen) atoms. The first-order chi connectivity index (χ1) is 14.8. The maximum absolute atomic E-state index is 10.6. The predicted octanol–water partition coefficient (Wildman–Crippen LogP) is -3.22. The Morgan fingerprint density at radius 2 is 1.35 bits per heavy atom. The second-order valence-electron chi connectivity index (χ2n) is 7.84.